The van der Waals surface area contributed by atoms with Crippen LogP contribution >= 0.6 is 0 Å². The van der Waals surface area contributed by atoms with Gasteiger partial charge in [-0.05, 0) is 33.1 Å². The average Bonchev–Trinajstić information content (AvgIpc) is 2.52. The van der Waals surface area contributed by atoms with Crippen LogP contribution in [0, 0.1) is 0 Å². The molecule has 23 heavy (non-hydrogen) atoms. The second-order valence-corrected chi connectivity index (χ2v) is 6.59. The lowest BCUT2D eigenvalue weighted by Gasteiger charge is -2.26. The molecule has 136 valence electrons. The maximum atomic E-state index is 12.0. The summed E-state index contributed by atoms with van der Waals surface area (Å²) in [6.45, 7) is 7.15. The predicted molar refractivity (Wildman–Crippen MR) is 95.3 cm³/mol. The van der Waals surface area contributed by atoms with Gasteiger partial charge in [0.2, 0.25) is 5.91 Å². The van der Waals surface area contributed by atoms with Gasteiger partial charge in [-0.2, -0.15) is 0 Å². The Morgan fingerprint density at radius 1 is 0.870 bits per heavy atom. The number of hydrogen-bond acceptors (Lipinski definition) is 3. The highest BCUT2D eigenvalue weighted by Crippen LogP contribution is 2.12. The minimum atomic E-state index is -0.0997. The number of rotatable bonds is 14. The molecule has 0 N–H and O–H groups in total. The molecule has 0 bridgehead atoms. The number of carbonyl (C=O) groups excluding carboxylic acids is 2. The highest BCUT2D eigenvalue weighted by atomic mass is 16.5. The van der Waals surface area contributed by atoms with Crippen molar-refractivity contribution in [2.75, 3.05) is 13.7 Å². The third kappa shape index (κ3) is 12.1. The van der Waals surface area contributed by atoms with E-state index in [2.05, 4.69) is 25.5 Å². The molecule has 0 fully saturated rings. The monoisotopic (exact) mass is 327 g/mol. The highest BCUT2D eigenvalue weighted by molar-refractivity contribution is 5.76. The topological polar surface area (TPSA) is 46.6 Å². The number of ether oxygens (including phenoxy) is 1. The van der Waals surface area contributed by atoms with E-state index >= 15 is 0 Å². The summed E-state index contributed by atoms with van der Waals surface area (Å²) < 4.78 is 4.62. The summed E-state index contributed by atoms with van der Waals surface area (Å²) in [5.74, 6) is 0.199. The number of amides is 1. The van der Waals surface area contributed by atoms with Crippen LogP contribution in [0.4, 0.5) is 0 Å². The summed E-state index contributed by atoms with van der Waals surface area (Å²) in [6, 6.07) is 0.309. The summed E-state index contributed by atoms with van der Waals surface area (Å²) in [5, 5.41) is 0. The third-order valence-electron chi connectivity index (χ3n) is 4.17. The van der Waals surface area contributed by atoms with Crippen molar-refractivity contribution in [1.82, 2.24) is 4.90 Å². The maximum absolute atomic E-state index is 12.0. The Morgan fingerprint density at radius 3 is 1.87 bits per heavy atom. The lowest BCUT2D eigenvalue weighted by Crippen LogP contribution is -2.37. The van der Waals surface area contributed by atoms with Crippen LogP contribution in [-0.2, 0) is 14.3 Å². The van der Waals surface area contributed by atoms with Crippen molar-refractivity contribution in [2.24, 2.45) is 0 Å². The van der Waals surface area contributed by atoms with Crippen LogP contribution in [0.2, 0.25) is 0 Å². The summed E-state index contributed by atoms with van der Waals surface area (Å²) >= 11 is 0. The summed E-state index contributed by atoms with van der Waals surface area (Å²) in [6.07, 6.45) is 11.4. The van der Waals surface area contributed by atoms with Crippen molar-refractivity contribution >= 4 is 11.9 Å². The zero-order valence-electron chi connectivity index (χ0n) is 15.7. The van der Waals surface area contributed by atoms with E-state index in [0.29, 0.717) is 24.8 Å². The Labute approximate surface area is 143 Å². The highest BCUT2D eigenvalue weighted by Gasteiger charge is 2.14. The molecule has 0 aromatic heterocycles. The van der Waals surface area contributed by atoms with Crippen molar-refractivity contribution in [3.63, 3.8) is 0 Å². The van der Waals surface area contributed by atoms with Gasteiger partial charge in [-0.3, -0.25) is 9.59 Å². The van der Waals surface area contributed by atoms with Gasteiger partial charge in [0.15, 0.2) is 0 Å². The average molecular weight is 328 g/mol. The van der Waals surface area contributed by atoms with E-state index in [1.807, 2.05) is 4.90 Å². The molecule has 0 heterocycles. The molecule has 0 rings (SSSR count). The zero-order chi connectivity index (χ0) is 17.5. The number of carbonyl (C=O) groups is 2. The van der Waals surface area contributed by atoms with E-state index < -0.39 is 0 Å². The molecule has 4 nitrogen and oxygen atoms in total. The fraction of sp³-hybridized carbons (Fsp3) is 0.895. The Hall–Kier alpha value is -1.06. The molecule has 0 spiro atoms. The quantitative estimate of drug-likeness (QED) is 0.343. The van der Waals surface area contributed by atoms with Gasteiger partial charge in [0.25, 0.3) is 0 Å². The zero-order valence-corrected chi connectivity index (χ0v) is 15.7. The van der Waals surface area contributed by atoms with E-state index in [1.165, 1.54) is 39.2 Å². The minimum absolute atomic E-state index is 0.0997. The molecule has 0 saturated carbocycles. The van der Waals surface area contributed by atoms with Crippen molar-refractivity contribution in [3.8, 4) is 0 Å². The standard InChI is InChI=1S/C19H37NO3/c1-5-14-18(21)20(17(2)3)16-13-11-9-7-6-8-10-12-15-19(22)23-4/h17H,5-16H2,1-4H3. The lowest BCUT2D eigenvalue weighted by molar-refractivity contribution is -0.140. The van der Waals surface area contributed by atoms with Gasteiger partial charge in [0.05, 0.1) is 7.11 Å². The van der Waals surface area contributed by atoms with Crippen LogP contribution in [0.15, 0.2) is 0 Å². The molecule has 0 saturated heterocycles. The molecule has 0 aromatic carbocycles. The minimum Gasteiger partial charge on any atom is -0.469 e. The molecular weight excluding hydrogens is 290 g/mol. The van der Waals surface area contributed by atoms with Gasteiger partial charge in [-0.15, -0.1) is 0 Å². The first-order valence-corrected chi connectivity index (χ1v) is 9.39. The molecule has 4 heteroatoms. The third-order valence-corrected chi connectivity index (χ3v) is 4.17. The van der Waals surface area contributed by atoms with E-state index in [1.54, 1.807) is 0 Å². The summed E-state index contributed by atoms with van der Waals surface area (Å²) in [7, 11) is 1.44. The molecule has 1 amide bonds. The molecule has 0 atom stereocenters. The molecule has 0 aliphatic rings. The van der Waals surface area contributed by atoms with E-state index in [0.717, 1.165) is 32.2 Å². The Balaban J connectivity index is 3.53. The van der Waals surface area contributed by atoms with E-state index in [-0.39, 0.29) is 5.97 Å². The SMILES string of the molecule is CCCC(=O)N(CCCCCCCCCCC(=O)OC)C(C)C. The summed E-state index contributed by atoms with van der Waals surface area (Å²) in [5.41, 5.74) is 0. The number of hydrogen-bond donors (Lipinski definition) is 0. The fourth-order valence-corrected chi connectivity index (χ4v) is 2.74. The molecule has 0 aliphatic heterocycles. The predicted octanol–water partition coefficient (Wildman–Crippen LogP) is 4.71. The first-order chi connectivity index (χ1) is 11.0. The fourth-order valence-electron chi connectivity index (χ4n) is 2.74. The van der Waals surface area contributed by atoms with Gasteiger partial charge in [0, 0.05) is 25.4 Å². The summed E-state index contributed by atoms with van der Waals surface area (Å²) in [4.78, 5) is 25.0. The molecule has 0 aliphatic carbocycles. The van der Waals surface area contributed by atoms with Gasteiger partial charge in [-0.1, -0.05) is 45.4 Å². The van der Waals surface area contributed by atoms with Crippen LogP contribution in [0.25, 0.3) is 0 Å². The second kappa shape index (κ2) is 14.5. The lowest BCUT2D eigenvalue weighted by atomic mass is 10.1. The van der Waals surface area contributed by atoms with Crippen LogP contribution in [-0.4, -0.2) is 36.5 Å². The van der Waals surface area contributed by atoms with Crippen molar-refractivity contribution in [3.05, 3.63) is 0 Å². The Kier molecular flexibility index (Phi) is 13.9. The van der Waals surface area contributed by atoms with Crippen molar-refractivity contribution < 1.29 is 14.3 Å². The molecule has 0 radical (unpaired) electrons. The number of esters is 1. The number of nitrogens with zero attached hydrogens (tertiary/aromatic N) is 1. The maximum Gasteiger partial charge on any atom is 0.305 e. The van der Waals surface area contributed by atoms with Gasteiger partial charge < -0.3 is 9.64 Å². The number of methoxy groups -OCH3 is 1. The van der Waals surface area contributed by atoms with Gasteiger partial charge in [-0.25, -0.2) is 0 Å². The largest absolute Gasteiger partial charge is 0.469 e. The van der Waals surface area contributed by atoms with Crippen molar-refractivity contribution in [2.45, 2.75) is 97.4 Å². The Bertz CT molecular complexity index is 316. The van der Waals surface area contributed by atoms with Gasteiger partial charge in [0.1, 0.15) is 0 Å². The van der Waals surface area contributed by atoms with Crippen LogP contribution in [0.3, 0.4) is 0 Å². The molecule has 0 unspecified atom stereocenters. The van der Waals surface area contributed by atoms with Crippen LogP contribution in [0.5, 0.6) is 0 Å². The van der Waals surface area contributed by atoms with Gasteiger partial charge >= 0.3 is 5.97 Å². The molecular formula is C19H37NO3. The number of unbranched alkanes of at least 4 members (excludes halogenated alkanes) is 7. The van der Waals surface area contributed by atoms with Crippen LogP contribution in [0.1, 0.15) is 91.4 Å². The van der Waals surface area contributed by atoms with Crippen LogP contribution < -0.4 is 0 Å². The first kappa shape index (κ1) is 21.9. The first-order valence-electron chi connectivity index (χ1n) is 9.39. The smallest absolute Gasteiger partial charge is 0.305 e. The second-order valence-electron chi connectivity index (χ2n) is 6.59. The van der Waals surface area contributed by atoms with E-state index in [4.69, 9.17) is 0 Å². The van der Waals surface area contributed by atoms with Crippen molar-refractivity contribution in [1.29, 1.82) is 0 Å². The van der Waals surface area contributed by atoms with E-state index in [9.17, 15) is 9.59 Å². The normalized spacial score (nSPS) is 10.8. The molecule has 0 aromatic rings. The Morgan fingerprint density at radius 2 is 1.39 bits per heavy atom.